The number of amides is 1. The van der Waals surface area contributed by atoms with Crippen molar-refractivity contribution >= 4 is 5.91 Å². The minimum absolute atomic E-state index is 0.101. The van der Waals surface area contributed by atoms with E-state index in [0.717, 1.165) is 13.1 Å². The van der Waals surface area contributed by atoms with Crippen LogP contribution in [-0.4, -0.2) is 54.5 Å². The van der Waals surface area contributed by atoms with Crippen LogP contribution in [0.4, 0.5) is 8.78 Å². The number of carbonyl (C=O) groups is 1. The van der Waals surface area contributed by atoms with E-state index in [1.165, 1.54) is 12.8 Å². The van der Waals surface area contributed by atoms with Gasteiger partial charge in [-0.1, -0.05) is 6.92 Å². The first-order valence-electron chi connectivity index (χ1n) is 7.10. The third-order valence-corrected chi connectivity index (χ3v) is 4.46. The van der Waals surface area contributed by atoms with Crippen LogP contribution in [0.2, 0.25) is 0 Å². The Balaban J connectivity index is 1.52. The van der Waals surface area contributed by atoms with Gasteiger partial charge in [-0.2, -0.15) is 0 Å². The first-order chi connectivity index (χ1) is 8.94. The van der Waals surface area contributed by atoms with Gasteiger partial charge in [-0.05, 0) is 18.8 Å². The molecular weight excluding hydrogens is 252 g/mol. The molecule has 0 aromatic rings. The van der Waals surface area contributed by atoms with E-state index in [-0.39, 0.29) is 24.9 Å². The molecule has 0 aromatic heterocycles. The maximum atomic E-state index is 13.1. The Kier molecular flexibility index (Phi) is 3.25. The Bertz CT molecular complexity index is 373. The molecule has 3 atom stereocenters. The van der Waals surface area contributed by atoms with Gasteiger partial charge in [-0.25, -0.2) is 8.78 Å². The quantitative estimate of drug-likeness (QED) is 0.791. The zero-order valence-corrected chi connectivity index (χ0v) is 11.2. The Morgan fingerprint density at radius 2 is 2.11 bits per heavy atom. The Hall–Kier alpha value is -0.750. The van der Waals surface area contributed by atoms with Crippen molar-refractivity contribution in [1.29, 1.82) is 0 Å². The average Bonchev–Trinajstić information content (AvgIpc) is 3.03. The number of halogens is 2. The van der Waals surface area contributed by atoms with E-state index in [1.54, 1.807) is 0 Å². The molecule has 2 saturated heterocycles. The molecule has 0 bridgehead atoms. The van der Waals surface area contributed by atoms with Crippen molar-refractivity contribution < 1.29 is 13.6 Å². The SMILES string of the molecule is CC1CN(C2CC2)CC1NC(=O)C1CC(F)(F)CN1. The van der Waals surface area contributed by atoms with Gasteiger partial charge in [0.05, 0.1) is 12.6 Å². The third-order valence-electron chi connectivity index (χ3n) is 4.46. The lowest BCUT2D eigenvalue weighted by Crippen LogP contribution is -2.47. The van der Waals surface area contributed by atoms with Gasteiger partial charge in [-0.3, -0.25) is 15.0 Å². The van der Waals surface area contributed by atoms with Crippen molar-refractivity contribution in [1.82, 2.24) is 15.5 Å². The second-order valence-electron chi connectivity index (χ2n) is 6.27. The summed E-state index contributed by atoms with van der Waals surface area (Å²) < 4.78 is 26.1. The molecule has 3 rings (SSSR count). The van der Waals surface area contributed by atoms with Crippen LogP contribution in [0.1, 0.15) is 26.2 Å². The van der Waals surface area contributed by atoms with E-state index in [9.17, 15) is 13.6 Å². The molecule has 0 spiro atoms. The third kappa shape index (κ3) is 2.89. The topological polar surface area (TPSA) is 44.4 Å². The van der Waals surface area contributed by atoms with Crippen LogP contribution < -0.4 is 10.6 Å². The van der Waals surface area contributed by atoms with Gasteiger partial charge in [0.15, 0.2) is 0 Å². The number of alkyl halides is 2. The Labute approximate surface area is 111 Å². The fourth-order valence-electron chi connectivity index (χ4n) is 3.11. The molecule has 3 aliphatic rings. The van der Waals surface area contributed by atoms with Crippen molar-refractivity contribution in [3.8, 4) is 0 Å². The second-order valence-corrected chi connectivity index (χ2v) is 6.27. The molecule has 2 N–H and O–H groups in total. The molecule has 0 aromatic carbocycles. The number of carbonyl (C=O) groups excluding carboxylic acids is 1. The summed E-state index contributed by atoms with van der Waals surface area (Å²) in [5.74, 6) is -2.62. The molecule has 3 unspecified atom stereocenters. The van der Waals surface area contributed by atoms with Crippen molar-refractivity contribution in [2.75, 3.05) is 19.6 Å². The Morgan fingerprint density at radius 3 is 2.68 bits per heavy atom. The van der Waals surface area contributed by atoms with Gasteiger partial charge in [0, 0.05) is 31.6 Å². The molecule has 3 fully saturated rings. The molecule has 4 nitrogen and oxygen atoms in total. The minimum Gasteiger partial charge on any atom is -0.350 e. The van der Waals surface area contributed by atoms with Gasteiger partial charge in [0.25, 0.3) is 5.92 Å². The number of nitrogens with zero attached hydrogens (tertiary/aromatic N) is 1. The van der Waals surface area contributed by atoms with Crippen molar-refractivity contribution in [2.45, 2.75) is 50.2 Å². The van der Waals surface area contributed by atoms with Crippen molar-refractivity contribution in [3.05, 3.63) is 0 Å². The van der Waals surface area contributed by atoms with Crippen LogP contribution in [-0.2, 0) is 4.79 Å². The van der Waals surface area contributed by atoms with E-state index in [1.807, 2.05) is 0 Å². The van der Waals surface area contributed by atoms with E-state index < -0.39 is 12.0 Å². The zero-order valence-electron chi connectivity index (χ0n) is 11.2. The number of likely N-dealkylation sites (tertiary alicyclic amines) is 1. The molecule has 108 valence electrons. The number of hydrogen-bond acceptors (Lipinski definition) is 3. The van der Waals surface area contributed by atoms with Gasteiger partial charge in [0.2, 0.25) is 5.91 Å². The summed E-state index contributed by atoms with van der Waals surface area (Å²) in [6, 6.07) is 0.0552. The summed E-state index contributed by atoms with van der Waals surface area (Å²) in [5.41, 5.74) is 0. The number of nitrogens with one attached hydrogen (secondary N) is 2. The fraction of sp³-hybridized carbons (Fsp3) is 0.923. The van der Waals surface area contributed by atoms with E-state index in [0.29, 0.717) is 12.0 Å². The number of rotatable bonds is 3. The summed E-state index contributed by atoms with van der Waals surface area (Å²) >= 11 is 0. The van der Waals surface area contributed by atoms with Crippen LogP contribution in [0, 0.1) is 5.92 Å². The maximum absolute atomic E-state index is 13.1. The van der Waals surface area contributed by atoms with Gasteiger partial charge in [0.1, 0.15) is 0 Å². The summed E-state index contributed by atoms with van der Waals surface area (Å²) in [5, 5.41) is 5.55. The monoisotopic (exact) mass is 273 g/mol. The van der Waals surface area contributed by atoms with Gasteiger partial charge >= 0.3 is 0 Å². The second kappa shape index (κ2) is 4.66. The first kappa shape index (κ1) is 13.2. The standard InChI is InChI=1S/C13H21F2N3O/c1-8-5-18(9-2-3-9)6-11(8)17-12(19)10-4-13(14,15)7-16-10/h8-11,16H,2-7H2,1H3,(H,17,19). The van der Waals surface area contributed by atoms with Gasteiger partial charge in [-0.15, -0.1) is 0 Å². The highest BCUT2D eigenvalue weighted by Crippen LogP contribution is 2.32. The maximum Gasteiger partial charge on any atom is 0.262 e. The average molecular weight is 273 g/mol. The summed E-state index contributed by atoms with van der Waals surface area (Å²) in [7, 11) is 0. The van der Waals surface area contributed by atoms with Gasteiger partial charge < -0.3 is 5.32 Å². The van der Waals surface area contributed by atoms with Crippen LogP contribution >= 0.6 is 0 Å². The normalized spacial score (nSPS) is 38.6. The van der Waals surface area contributed by atoms with Crippen LogP contribution in [0.25, 0.3) is 0 Å². The lowest BCUT2D eigenvalue weighted by atomic mass is 10.1. The van der Waals surface area contributed by atoms with Crippen LogP contribution in [0.15, 0.2) is 0 Å². The molecule has 2 aliphatic heterocycles. The lowest BCUT2D eigenvalue weighted by molar-refractivity contribution is -0.124. The van der Waals surface area contributed by atoms with E-state index >= 15 is 0 Å². The molecule has 1 saturated carbocycles. The fourth-order valence-corrected chi connectivity index (χ4v) is 3.11. The zero-order chi connectivity index (χ0) is 13.6. The molecule has 0 radical (unpaired) electrons. The first-order valence-corrected chi connectivity index (χ1v) is 7.10. The molecule has 6 heteroatoms. The largest absolute Gasteiger partial charge is 0.350 e. The summed E-state index contributed by atoms with van der Waals surface area (Å²) in [6.45, 7) is 3.59. The van der Waals surface area contributed by atoms with E-state index in [4.69, 9.17) is 0 Å². The highest BCUT2D eigenvalue weighted by Gasteiger charge is 2.44. The summed E-state index contributed by atoms with van der Waals surface area (Å²) in [4.78, 5) is 14.4. The molecule has 2 heterocycles. The predicted molar refractivity (Wildman–Crippen MR) is 67.0 cm³/mol. The number of hydrogen-bond donors (Lipinski definition) is 2. The lowest BCUT2D eigenvalue weighted by Gasteiger charge is -2.19. The van der Waals surface area contributed by atoms with Crippen LogP contribution in [0.3, 0.4) is 0 Å². The highest BCUT2D eigenvalue weighted by atomic mass is 19.3. The minimum atomic E-state index is -2.75. The predicted octanol–water partition coefficient (Wildman–Crippen LogP) is 0.583. The summed E-state index contributed by atoms with van der Waals surface area (Å²) in [6.07, 6.45) is 2.12. The molecule has 1 aliphatic carbocycles. The molecule has 1 amide bonds. The smallest absolute Gasteiger partial charge is 0.262 e. The molecular formula is C13H21F2N3O. The molecule has 19 heavy (non-hydrogen) atoms. The highest BCUT2D eigenvalue weighted by molar-refractivity contribution is 5.82. The van der Waals surface area contributed by atoms with E-state index in [2.05, 4.69) is 22.5 Å². The van der Waals surface area contributed by atoms with Crippen molar-refractivity contribution in [3.63, 3.8) is 0 Å². The Morgan fingerprint density at radius 1 is 1.37 bits per heavy atom. The van der Waals surface area contributed by atoms with Crippen molar-refractivity contribution in [2.24, 2.45) is 5.92 Å². The van der Waals surface area contributed by atoms with Crippen LogP contribution in [0.5, 0.6) is 0 Å².